The highest BCUT2D eigenvalue weighted by Crippen LogP contribution is 2.34. The summed E-state index contributed by atoms with van der Waals surface area (Å²) in [5, 5.41) is 11.8. The van der Waals surface area contributed by atoms with Crippen molar-refractivity contribution in [3.63, 3.8) is 0 Å². The van der Waals surface area contributed by atoms with Gasteiger partial charge in [0, 0.05) is 24.5 Å². The highest BCUT2D eigenvalue weighted by molar-refractivity contribution is 5.75. The van der Waals surface area contributed by atoms with Crippen LogP contribution in [0.15, 0.2) is 0 Å². The second-order valence-corrected chi connectivity index (χ2v) is 5.70. The molecule has 0 aliphatic heterocycles. The van der Waals surface area contributed by atoms with Crippen molar-refractivity contribution in [2.75, 3.05) is 6.54 Å². The van der Waals surface area contributed by atoms with Crippen LogP contribution in [0.2, 0.25) is 0 Å². The Labute approximate surface area is 115 Å². The number of carboxylic acid groups (broad SMARTS) is 1. The lowest BCUT2D eigenvalue weighted by Gasteiger charge is -2.43. The fourth-order valence-corrected chi connectivity index (χ4v) is 2.46. The average Bonchev–Trinajstić information content (AvgIpc) is 2.28. The van der Waals surface area contributed by atoms with Crippen molar-refractivity contribution < 1.29 is 14.7 Å². The number of urea groups is 1. The number of carboxylic acids is 1. The Hall–Kier alpha value is -1.26. The summed E-state index contributed by atoms with van der Waals surface area (Å²) < 4.78 is 0. The van der Waals surface area contributed by atoms with Gasteiger partial charge in [-0.15, -0.1) is 0 Å². The van der Waals surface area contributed by atoms with Crippen molar-refractivity contribution in [2.24, 2.45) is 0 Å². The first-order valence-corrected chi connectivity index (χ1v) is 7.21. The zero-order chi connectivity index (χ0) is 14.5. The van der Waals surface area contributed by atoms with Gasteiger partial charge in [-0.05, 0) is 46.0 Å². The fraction of sp³-hybridized carbons (Fsp3) is 0.857. The first kappa shape index (κ1) is 15.8. The van der Waals surface area contributed by atoms with Gasteiger partial charge in [-0.25, -0.2) is 4.79 Å². The van der Waals surface area contributed by atoms with Crippen LogP contribution < -0.4 is 5.32 Å². The van der Waals surface area contributed by atoms with Crippen LogP contribution in [-0.2, 0) is 4.79 Å². The zero-order valence-electron chi connectivity index (χ0n) is 12.2. The van der Waals surface area contributed by atoms with Gasteiger partial charge >= 0.3 is 12.0 Å². The number of nitrogens with one attached hydrogen (secondary N) is 1. The van der Waals surface area contributed by atoms with E-state index in [9.17, 15) is 9.59 Å². The van der Waals surface area contributed by atoms with Crippen LogP contribution in [0.3, 0.4) is 0 Å². The highest BCUT2D eigenvalue weighted by atomic mass is 16.4. The molecule has 5 heteroatoms. The summed E-state index contributed by atoms with van der Waals surface area (Å²) in [4.78, 5) is 24.6. The van der Waals surface area contributed by atoms with Gasteiger partial charge in [0.1, 0.15) is 0 Å². The van der Waals surface area contributed by atoms with Crippen molar-refractivity contribution in [1.82, 2.24) is 10.2 Å². The van der Waals surface area contributed by atoms with Crippen LogP contribution in [0.5, 0.6) is 0 Å². The van der Waals surface area contributed by atoms with E-state index in [-0.39, 0.29) is 24.0 Å². The van der Waals surface area contributed by atoms with E-state index in [4.69, 9.17) is 5.11 Å². The molecular formula is C14H26N2O3. The van der Waals surface area contributed by atoms with E-state index >= 15 is 0 Å². The fourth-order valence-electron chi connectivity index (χ4n) is 2.46. The molecule has 0 bridgehead atoms. The molecule has 0 heterocycles. The Balaban J connectivity index is 2.50. The molecule has 0 radical (unpaired) electrons. The Kier molecular flexibility index (Phi) is 5.63. The van der Waals surface area contributed by atoms with Crippen LogP contribution in [-0.4, -0.2) is 40.1 Å². The molecule has 0 aromatic carbocycles. The normalized spacial score (nSPS) is 16.8. The standard InChI is InChI=1S/C14H26N2O3/c1-4-14(8-6-9-14)15-13(19)16(11(2)3)10-5-7-12(17)18/h11H,4-10H2,1-3H3,(H,15,19)(H,17,18). The van der Waals surface area contributed by atoms with Gasteiger partial charge in [-0.2, -0.15) is 0 Å². The van der Waals surface area contributed by atoms with Gasteiger partial charge < -0.3 is 15.3 Å². The third kappa shape index (κ3) is 4.40. The van der Waals surface area contributed by atoms with Crippen LogP contribution >= 0.6 is 0 Å². The summed E-state index contributed by atoms with van der Waals surface area (Å²) in [6, 6.07) is 0.0321. The number of hydrogen-bond acceptors (Lipinski definition) is 2. The zero-order valence-corrected chi connectivity index (χ0v) is 12.2. The monoisotopic (exact) mass is 270 g/mol. The Morgan fingerprint density at radius 2 is 2.00 bits per heavy atom. The molecule has 5 nitrogen and oxygen atoms in total. The van der Waals surface area contributed by atoms with E-state index < -0.39 is 5.97 Å². The number of hydrogen-bond donors (Lipinski definition) is 2. The Morgan fingerprint density at radius 1 is 1.37 bits per heavy atom. The molecule has 0 unspecified atom stereocenters. The first-order valence-electron chi connectivity index (χ1n) is 7.21. The van der Waals surface area contributed by atoms with Crippen molar-refractivity contribution in [3.8, 4) is 0 Å². The minimum absolute atomic E-state index is 0.0168. The average molecular weight is 270 g/mol. The summed E-state index contributed by atoms with van der Waals surface area (Å²) in [6.45, 7) is 6.51. The van der Waals surface area contributed by atoms with E-state index in [0.717, 1.165) is 19.3 Å². The molecule has 1 saturated carbocycles. The SMILES string of the molecule is CCC1(NC(=O)N(CCCC(=O)O)C(C)C)CCC1. The van der Waals surface area contributed by atoms with Gasteiger partial charge in [-0.3, -0.25) is 4.79 Å². The maximum Gasteiger partial charge on any atom is 0.318 e. The van der Waals surface area contributed by atoms with Crippen LogP contribution in [0, 0.1) is 0 Å². The summed E-state index contributed by atoms with van der Waals surface area (Å²) in [6.07, 6.45) is 4.84. The minimum atomic E-state index is -0.812. The molecule has 0 aromatic heterocycles. The molecular weight excluding hydrogens is 244 g/mol. The number of carbonyl (C=O) groups is 2. The van der Waals surface area contributed by atoms with Gasteiger partial charge in [-0.1, -0.05) is 6.92 Å². The summed E-state index contributed by atoms with van der Waals surface area (Å²) >= 11 is 0. The van der Waals surface area contributed by atoms with Crippen LogP contribution in [0.25, 0.3) is 0 Å². The van der Waals surface area contributed by atoms with Crippen LogP contribution in [0.1, 0.15) is 59.3 Å². The van der Waals surface area contributed by atoms with Gasteiger partial charge in [0.05, 0.1) is 0 Å². The van der Waals surface area contributed by atoms with Crippen molar-refractivity contribution in [2.45, 2.75) is 70.9 Å². The molecule has 0 aromatic rings. The lowest BCUT2D eigenvalue weighted by Crippen LogP contribution is -2.57. The third-order valence-electron chi connectivity index (χ3n) is 4.03. The molecule has 0 saturated heterocycles. The maximum atomic E-state index is 12.3. The highest BCUT2D eigenvalue weighted by Gasteiger charge is 2.37. The number of nitrogens with zero attached hydrogens (tertiary/aromatic N) is 1. The summed E-state index contributed by atoms with van der Waals surface area (Å²) in [7, 11) is 0. The van der Waals surface area contributed by atoms with Gasteiger partial charge in [0.15, 0.2) is 0 Å². The molecule has 2 amide bonds. The molecule has 19 heavy (non-hydrogen) atoms. The molecule has 1 aliphatic carbocycles. The van der Waals surface area contributed by atoms with Gasteiger partial charge in [0.25, 0.3) is 0 Å². The second-order valence-electron chi connectivity index (χ2n) is 5.70. The van der Waals surface area contributed by atoms with E-state index in [1.807, 2.05) is 13.8 Å². The smallest absolute Gasteiger partial charge is 0.318 e. The molecule has 0 atom stereocenters. The maximum absolute atomic E-state index is 12.3. The lowest BCUT2D eigenvalue weighted by atomic mass is 9.75. The first-order chi connectivity index (χ1) is 8.90. The third-order valence-corrected chi connectivity index (χ3v) is 4.03. The van der Waals surface area contributed by atoms with Crippen molar-refractivity contribution in [3.05, 3.63) is 0 Å². The van der Waals surface area contributed by atoms with E-state index in [1.165, 1.54) is 6.42 Å². The van der Waals surface area contributed by atoms with E-state index in [0.29, 0.717) is 13.0 Å². The number of rotatable bonds is 7. The molecule has 1 aliphatic rings. The quantitative estimate of drug-likeness (QED) is 0.747. The lowest BCUT2D eigenvalue weighted by molar-refractivity contribution is -0.137. The topological polar surface area (TPSA) is 69.6 Å². The van der Waals surface area contributed by atoms with Crippen molar-refractivity contribution >= 4 is 12.0 Å². The molecule has 2 N–H and O–H groups in total. The van der Waals surface area contributed by atoms with Crippen molar-refractivity contribution in [1.29, 1.82) is 0 Å². The minimum Gasteiger partial charge on any atom is -0.481 e. The van der Waals surface area contributed by atoms with E-state index in [2.05, 4.69) is 12.2 Å². The van der Waals surface area contributed by atoms with E-state index in [1.54, 1.807) is 4.90 Å². The Morgan fingerprint density at radius 3 is 2.37 bits per heavy atom. The molecule has 0 spiro atoms. The number of carbonyl (C=O) groups excluding carboxylic acids is 1. The van der Waals surface area contributed by atoms with Gasteiger partial charge in [0.2, 0.25) is 0 Å². The molecule has 1 fully saturated rings. The molecule has 110 valence electrons. The number of aliphatic carboxylic acids is 1. The largest absolute Gasteiger partial charge is 0.481 e. The number of amides is 2. The predicted octanol–water partition coefficient (Wildman–Crippen LogP) is 2.60. The summed E-state index contributed by atoms with van der Waals surface area (Å²) in [5.41, 5.74) is -0.0168. The van der Waals surface area contributed by atoms with Crippen LogP contribution in [0.4, 0.5) is 4.79 Å². The second kappa shape index (κ2) is 6.78. The summed E-state index contributed by atoms with van der Waals surface area (Å²) in [5.74, 6) is -0.812. The Bertz CT molecular complexity index is 319. The molecule has 1 rings (SSSR count). The predicted molar refractivity (Wildman–Crippen MR) is 74.1 cm³/mol.